The first-order chi connectivity index (χ1) is 9.04. The normalized spacial score (nSPS) is 10.1. The van der Waals surface area contributed by atoms with Gasteiger partial charge in [0.1, 0.15) is 0 Å². The van der Waals surface area contributed by atoms with Crippen LogP contribution in [0, 0.1) is 6.92 Å². The van der Waals surface area contributed by atoms with Crippen LogP contribution in [-0.2, 0) is 0 Å². The molecule has 0 bridgehead atoms. The van der Waals surface area contributed by atoms with Gasteiger partial charge in [-0.05, 0) is 26.8 Å². The molecule has 0 unspecified atom stereocenters. The number of carbonyl (C=O) groups excluding carboxylic acids is 1. The molecule has 0 aliphatic heterocycles. The zero-order chi connectivity index (χ0) is 14.0. The molecule has 2 heterocycles. The summed E-state index contributed by atoms with van der Waals surface area (Å²) in [5, 5.41) is 7.86. The van der Waals surface area contributed by atoms with Gasteiger partial charge in [0.05, 0.1) is 17.1 Å². The van der Waals surface area contributed by atoms with Crippen LogP contribution in [0.5, 0.6) is 0 Å². The molecule has 8 heteroatoms. The molecule has 0 saturated heterocycles. The highest BCUT2D eigenvalue weighted by molar-refractivity contribution is 6.05. The van der Waals surface area contributed by atoms with Crippen LogP contribution in [0.25, 0.3) is 11.0 Å². The van der Waals surface area contributed by atoms with Gasteiger partial charge in [-0.3, -0.25) is 4.79 Å². The van der Waals surface area contributed by atoms with Gasteiger partial charge in [0.2, 0.25) is 0 Å². The Bertz CT molecular complexity index is 612. The third-order valence-corrected chi connectivity index (χ3v) is 2.86. The maximum absolute atomic E-state index is 12.1. The summed E-state index contributed by atoms with van der Waals surface area (Å²) in [7, 11) is 0. The van der Waals surface area contributed by atoms with E-state index in [4.69, 9.17) is 5.73 Å². The van der Waals surface area contributed by atoms with Gasteiger partial charge >= 0.3 is 0 Å². The maximum Gasteiger partial charge on any atom is 0.252 e. The van der Waals surface area contributed by atoms with Gasteiger partial charge in [-0.2, -0.15) is 5.10 Å². The standard InChI is InChI=1S/C13H19N5O.2ClH/c1-8(2)18-12-11(7-16-18)10(6-9(3)17-12)13(19)15-5-4-14;;/h6-8H,4-5,14H2,1-3H3,(H,15,19);2*1H. The molecular weight excluding hydrogens is 313 g/mol. The van der Waals surface area contributed by atoms with E-state index in [0.29, 0.717) is 18.7 Å². The Balaban J connectivity index is 0.00000200. The largest absolute Gasteiger partial charge is 0.351 e. The minimum Gasteiger partial charge on any atom is -0.351 e. The zero-order valence-electron chi connectivity index (χ0n) is 12.3. The predicted octanol–water partition coefficient (Wildman–Crippen LogP) is 1.85. The van der Waals surface area contributed by atoms with E-state index >= 15 is 0 Å². The number of hydrogen-bond acceptors (Lipinski definition) is 4. The summed E-state index contributed by atoms with van der Waals surface area (Å²) in [6.07, 6.45) is 1.69. The summed E-state index contributed by atoms with van der Waals surface area (Å²) in [6.45, 7) is 6.82. The Morgan fingerprint density at radius 1 is 1.43 bits per heavy atom. The minimum atomic E-state index is -0.135. The van der Waals surface area contributed by atoms with Crippen molar-refractivity contribution in [2.75, 3.05) is 13.1 Å². The Morgan fingerprint density at radius 2 is 2.10 bits per heavy atom. The van der Waals surface area contributed by atoms with E-state index in [-0.39, 0.29) is 36.8 Å². The molecule has 21 heavy (non-hydrogen) atoms. The maximum atomic E-state index is 12.1. The molecule has 2 aromatic rings. The number of pyridine rings is 1. The first kappa shape index (κ1) is 19.6. The summed E-state index contributed by atoms with van der Waals surface area (Å²) >= 11 is 0. The number of rotatable bonds is 4. The van der Waals surface area contributed by atoms with E-state index in [0.717, 1.165) is 16.7 Å². The molecule has 0 atom stereocenters. The van der Waals surface area contributed by atoms with E-state index < -0.39 is 0 Å². The molecule has 6 nitrogen and oxygen atoms in total. The SMILES string of the molecule is Cc1cc(C(=O)NCCN)c2cnn(C(C)C)c2n1.Cl.Cl. The molecular formula is C13H21Cl2N5O. The number of amides is 1. The fourth-order valence-corrected chi connectivity index (χ4v) is 1.99. The highest BCUT2D eigenvalue weighted by atomic mass is 35.5. The predicted molar refractivity (Wildman–Crippen MR) is 88.5 cm³/mol. The van der Waals surface area contributed by atoms with Crippen LogP contribution in [0.3, 0.4) is 0 Å². The van der Waals surface area contributed by atoms with Crippen LogP contribution in [0.1, 0.15) is 35.9 Å². The van der Waals surface area contributed by atoms with Crippen molar-refractivity contribution >= 4 is 41.8 Å². The van der Waals surface area contributed by atoms with Gasteiger partial charge < -0.3 is 11.1 Å². The Morgan fingerprint density at radius 3 is 2.67 bits per heavy atom. The van der Waals surface area contributed by atoms with Gasteiger partial charge in [0.15, 0.2) is 5.65 Å². The van der Waals surface area contributed by atoms with Crippen LogP contribution in [0.2, 0.25) is 0 Å². The minimum absolute atomic E-state index is 0. The Hall–Kier alpha value is -1.37. The Kier molecular flexibility index (Phi) is 7.63. The average molecular weight is 334 g/mol. The molecule has 2 aromatic heterocycles. The van der Waals surface area contributed by atoms with Crippen molar-refractivity contribution in [2.45, 2.75) is 26.8 Å². The van der Waals surface area contributed by atoms with E-state index in [2.05, 4.69) is 15.4 Å². The lowest BCUT2D eigenvalue weighted by molar-refractivity contribution is 0.0956. The van der Waals surface area contributed by atoms with E-state index in [9.17, 15) is 4.79 Å². The summed E-state index contributed by atoms with van der Waals surface area (Å²) < 4.78 is 1.82. The fourth-order valence-electron chi connectivity index (χ4n) is 1.99. The molecule has 118 valence electrons. The van der Waals surface area contributed by atoms with Crippen molar-refractivity contribution in [1.29, 1.82) is 0 Å². The molecule has 3 N–H and O–H groups in total. The van der Waals surface area contributed by atoms with Crippen molar-refractivity contribution < 1.29 is 4.79 Å². The fraction of sp³-hybridized carbons (Fsp3) is 0.462. The van der Waals surface area contributed by atoms with Crippen molar-refractivity contribution in [3.8, 4) is 0 Å². The summed E-state index contributed by atoms with van der Waals surface area (Å²) in [5.74, 6) is -0.135. The molecule has 0 saturated carbocycles. The van der Waals surface area contributed by atoms with E-state index in [1.165, 1.54) is 0 Å². The van der Waals surface area contributed by atoms with Gasteiger partial charge in [0, 0.05) is 24.8 Å². The molecule has 0 aliphatic carbocycles. The second-order valence-corrected chi connectivity index (χ2v) is 4.78. The number of aryl methyl sites for hydroxylation is 1. The number of halogens is 2. The molecule has 2 rings (SSSR count). The second-order valence-electron chi connectivity index (χ2n) is 4.78. The summed E-state index contributed by atoms with van der Waals surface area (Å²) in [4.78, 5) is 16.6. The number of hydrogen-bond donors (Lipinski definition) is 2. The molecule has 1 amide bonds. The van der Waals surface area contributed by atoms with Crippen LogP contribution >= 0.6 is 24.8 Å². The molecule has 0 fully saturated rings. The van der Waals surface area contributed by atoms with Crippen LogP contribution in [0.15, 0.2) is 12.3 Å². The Labute approximate surface area is 136 Å². The summed E-state index contributed by atoms with van der Waals surface area (Å²) in [5.41, 5.74) is 7.54. The number of nitrogens with two attached hydrogens (primary N) is 1. The van der Waals surface area contributed by atoms with Gasteiger partial charge in [-0.15, -0.1) is 24.8 Å². The van der Waals surface area contributed by atoms with Crippen molar-refractivity contribution in [1.82, 2.24) is 20.1 Å². The van der Waals surface area contributed by atoms with Gasteiger partial charge in [-0.25, -0.2) is 9.67 Å². The third kappa shape index (κ3) is 4.06. The van der Waals surface area contributed by atoms with E-state index in [1.54, 1.807) is 12.3 Å². The lowest BCUT2D eigenvalue weighted by atomic mass is 10.1. The second kappa shape index (κ2) is 8.17. The lowest BCUT2D eigenvalue weighted by Crippen LogP contribution is -2.29. The quantitative estimate of drug-likeness (QED) is 0.893. The van der Waals surface area contributed by atoms with E-state index in [1.807, 2.05) is 25.5 Å². The summed E-state index contributed by atoms with van der Waals surface area (Å²) in [6, 6.07) is 1.98. The third-order valence-electron chi connectivity index (χ3n) is 2.86. The first-order valence-corrected chi connectivity index (χ1v) is 6.37. The van der Waals surface area contributed by atoms with Gasteiger partial charge in [0.25, 0.3) is 5.91 Å². The lowest BCUT2D eigenvalue weighted by Gasteiger charge is -2.09. The van der Waals surface area contributed by atoms with Crippen LogP contribution < -0.4 is 11.1 Å². The number of nitrogens with one attached hydrogen (secondary N) is 1. The molecule has 0 aromatic carbocycles. The first-order valence-electron chi connectivity index (χ1n) is 6.37. The highest BCUT2D eigenvalue weighted by Gasteiger charge is 2.16. The molecule has 0 aliphatic rings. The van der Waals surface area contributed by atoms with Crippen molar-refractivity contribution in [3.05, 3.63) is 23.5 Å². The number of carbonyl (C=O) groups is 1. The molecule has 0 spiro atoms. The smallest absolute Gasteiger partial charge is 0.252 e. The number of nitrogens with zero attached hydrogens (tertiary/aromatic N) is 3. The number of aromatic nitrogens is 3. The van der Waals surface area contributed by atoms with Crippen LogP contribution in [-0.4, -0.2) is 33.8 Å². The number of fused-ring (bicyclic) bond motifs is 1. The average Bonchev–Trinajstić information content (AvgIpc) is 2.78. The monoisotopic (exact) mass is 333 g/mol. The molecule has 0 radical (unpaired) electrons. The van der Waals surface area contributed by atoms with Crippen molar-refractivity contribution in [2.24, 2.45) is 5.73 Å². The topological polar surface area (TPSA) is 85.8 Å². The van der Waals surface area contributed by atoms with Crippen molar-refractivity contribution in [3.63, 3.8) is 0 Å². The van der Waals surface area contributed by atoms with Crippen LogP contribution in [0.4, 0.5) is 0 Å². The zero-order valence-corrected chi connectivity index (χ0v) is 13.9. The highest BCUT2D eigenvalue weighted by Crippen LogP contribution is 2.20. The van der Waals surface area contributed by atoms with Gasteiger partial charge in [-0.1, -0.05) is 0 Å².